The lowest BCUT2D eigenvalue weighted by atomic mass is 9.96. The summed E-state index contributed by atoms with van der Waals surface area (Å²) in [5.74, 6) is -0.884. The molecule has 0 spiro atoms. The third kappa shape index (κ3) is 3.23. The highest BCUT2D eigenvalue weighted by Gasteiger charge is 2.30. The normalized spacial score (nSPS) is 11.3. The largest absolute Gasteiger partial charge is 0.505 e. The Labute approximate surface area is 131 Å². The van der Waals surface area contributed by atoms with Gasteiger partial charge in [0, 0.05) is 14.1 Å². The molecule has 1 amide bonds. The summed E-state index contributed by atoms with van der Waals surface area (Å²) in [5, 5.41) is 10.1. The van der Waals surface area contributed by atoms with Gasteiger partial charge >= 0.3 is 6.18 Å². The maximum atomic E-state index is 12.6. The van der Waals surface area contributed by atoms with Gasteiger partial charge in [-0.1, -0.05) is 18.2 Å². The van der Waals surface area contributed by atoms with Crippen LogP contribution in [0.1, 0.15) is 15.9 Å². The van der Waals surface area contributed by atoms with Gasteiger partial charge in [-0.25, -0.2) is 0 Å². The number of carbonyl (C=O) groups excluding carboxylic acids is 1. The highest BCUT2D eigenvalue weighted by Crippen LogP contribution is 2.36. The molecule has 0 aliphatic rings. The molecule has 0 saturated carbocycles. The quantitative estimate of drug-likeness (QED) is 0.657. The van der Waals surface area contributed by atoms with E-state index in [1.807, 2.05) is 0 Å². The highest BCUT2D eigenvalue weighted by molar-refractivity contribution is 6.04. The number of benzene rings is 2. The number of nitrogens with zero attached hydrogens (tertiary/aromatic N) is 1. The van der Waals surface area contributed by atoms with E-state index in [2.05, 4.69) is 0 Å². The smallest absolute Gasteiger partial charge is 0.416 e. The zero-order valence-corrected chi connectivity index (χ0v) is 12.5. The minimum absolute atomic E-state index is 0.0193. The van der Waals surface area contributed by atoms with E-state index in [9.17, 15) is 23.1 Å². The molecule has 0 aliphatic carbocycles. The lowest BCUT2D eigenvalue weighted by Gasteiger charge is -2.17. The molecule has 0 fully saturated rings. The van der Waals surface area contributed by atoms with Gasteiger partial charge in [0.15, 0.2) is 5.75 Å². The van der Waals surface area contributed by atoms with Crippen molar-refractivity contribution in [3.05, 3.63) is 47.5 Å². The molecule has 122 valence electrons. The third-order valence-electron chi connectivity index (χ3n) is 3.35. The van der Waals surface area contributed by atoms with Crippen LogP contribution in [0, 0.1) is 0 Å². The second-order valence-corrected chi connectivity index (χ2v) is 5.20. The fraction of sp³-hybridized carbons (Fsp3) is 0.188. The Morgan fingerprint density at radius 2 is 1.65 bits per heavy atom. The number of hydrogen-bond donors (Lipinski definition) is 2. The number of alkyl halides is 3. The topological polar surface area (TPSA) is 66.6 Å². The van der Waals surface area contributed by atoms with Crippen LogP contribution in [0.25, 0.3) is 11.1 Å². The first-order valence-corrected chi connectivity index (χ1v) is 6.63. The van der Waals surface area contributed by atoms with Crippen molar-refractivity contribution in [2.75, 3.05) is 19.8 Å². The van der Waals surface area contributed by atoms with E-state index in [0.717, 1.165) is 12.1 Å². The first-order chi connectivity index (χ1) is 10.6. The Kier molecular flexibility index (Phi) is 4.22. The fourth-order valence-electron chi connectivity index (χ4n) is 2.13. The molecule has 0 saturated heterocycles. The maximum absolute atomic E-state index is 12.6. The number of amides is 1. The van der Waals surface area contributed by atoms with Gasteiger partial charge in [0.2, 0.25) is 0 Å². The molecule has 2 aromatic rings. The van der Waals surface area contributed by atoms with Crippen LogP contribution in [0.15, 0.2) is 36.4 Å². The average molecular weight is 324 g/mol. The van der Waals surface area contributed by atoms with Crippen molar-refractivity contribution in [2.24, 2.45) is 0 Å². The molecule has 0 unspecified atom stereocenters. The summed E-state index contributed by atoms with van der Waals surface area (Å²) in [5.41, 5.74) is 5.48. The number of phenols is 1. The monoisotopic (exact) mass is 324 g/mol. The van der Waals surface area contributed by atoms with Crippen LogP contribution in [-0.2, 0) is 6.18 Å². The van der Waals surface area contributed by atoms with Gasteiger partial charge in [-0.2, -0.15) is 13.2 Å². The molecular weight excluding hydrogens is 309 g/mol. The molecule has 0 radical (unpaired) electrons. The van der Waals surface area contributed by atoms with Gasteiger partial charge in [0.05, 0.1) is 16.8 Å². The molecule has 0 aromatic heterocycles. The summed E-state index contributed by atoms with van der Waals surface area (Å²) in [6.45, 7) is 0. The predicted molar refractivity (Wildman–Crippen MR) is 81.0 cm³/mol. The highest BCUT2D eigenvalue weighted by atomic mass is 19.4. The van der Waals surface area contributed by atoms with E-state index in [4.69, 9.17) is 5.73 Å². The predicted octanol–water partition coefficient (Wildman–Crippen LogP) is 3.36. The number of anilines is 1. The lowest BCUT2D eigenvalue weighted by molar-refractivity contribution is -0.137. The molecule has 2 rings (SSSR count). The first kappa shape index (κ1) is 16.7. The van der Waals surface area contributed by atoms with Crippen LogP contribution < -0.4 is 5.73 Å². The maximum Gasteiger partial charge on any atom is 0.416 e. The summed E-state index contributed by atoms with van der Waals surface area (Å²) in [7, 11) is 3.00. The molecule has 0 atom stereocenters. The van der Waals surface area contributed by atoms with Crippen molar-refractivity contribution in [1.29, 1.82) is 0 Å². The van der Waals surface area contributed by atoms with Crippen LogP contribution in [-0.4, -0.2) is 30.0 Å². The van der Waals surface area contributed by atoms with Gasteiger partial charge < -0.3 is 15.7 Å². The molecule has 2 aromatic carbocycles. The van der Waals surface area contributed by atoms with E-state index < -0.39 is 17.6 Å². The van der Waals surface area contributed by atoms with E-state index >= 15 is 0 Å². The van der Waals surface area contributed by atoms with Gasteiger partial charge in [-0.3, -0.25) is 4.79 Å². The van der Waals surface area contributed by atoms with Gasteiger partial charge in [0.25, 0.3) is 5.91 Å². The van der Waals surface area contributed by atoms with E-state index in [1.54, 1.807) is 0 Å². The standard InChI is InChI=1S/C16H15F3N2O2/c1-21(2)15(23)13-11(7-8-12(20)14(13)22)9-3-5-10(6-4-9)16(17,18)19/h3-8,22H,20H2,1-2H3. The van der Waals surface area contributed by atoms with Gasteiger partial charge in [-0.05, 0) is 29.3 Å². The third-order valence-corrected chi connectivity index (χ3v) is 3.35. The first-order valence-electron chi connectivity index (χ1n) is 6.63. The van der Waals surface area contributed by atoms with Crippen LogP contribution in [0.2, 0.25) is 0 Å². The minimum Gasteiger partial charge on any atom is -0.505 e. The Morgan fingerprint density at radius 3 is 2.13 bits per heavy atom. The fourth-order valence-corrected chi connectivity index (χ4v) is 2.13. The Bertz CT molecular complexity index is 738. The summed E-state index contributed by atoms with van der Waals surface area (Å²) in [4.78, 5) is 13.5. The molecule has 4 nitrogen and oxygen atoms in total. The van der Waals surface area contributed by atoms with Crippen LogP contribution >= 0.6 is 0 Å². The number of phenolic OH excluding ortho intramolecular Hbond substituents is 1. The number of halogens is 3. The number of carbonyl (C=O) groups is 1. The van der Waals surface area contributed by atoms with E-state index in [1.165, 1.54) is 43.3 Å². The second kappa shape index (κ2) is 5.83. The van der Waals surface area contributed by atoms with Gasteiger partial charge in [-0.15, -0.1) is 0 Å². The number of rotatable bonds is 2. The van der Waals surface area contributed by atoms with Crippen molar-refractivity contribution in [3.8, 4) is 16.9 Å². The van der Waals surface area contributed by atoms with Crippen molar-refractivity contribution in [1.82, 2.24) is 4.90 Å². The lowest BCUT2D eigenvalue weighted by Crippen LogP contribution is -2.22. The number of nitrogen functional groups attached to an aromatic ring is 1. The van der Waals surface area contributed by atoms with Crippen LogP contribution in [0.4, 0.5) is 18.9 Å². The average Bonchev–Trinajstić information content (AvgIpc) is 2.48. The summed E-state index contributed by atoms with van der Waals surface area (Å²) in [6, 6.07) is 7.24. The molecule has 0 heterocycles. The summed E-state index contributed by atoms with van der Waals surface area (Å²) < 4.78 is 37.9. The molecular formula is C16H15F3N2O2. The van der Waals surface area contributed by atoms with Crippen molar-refractivity contribution in [2.45, 2.75) is 6.18 Å². The van der Waals surface area contributed by atoms with Crippen LogP contribution in [0.5, 0.6) is 5.75 Å². The van der Waals surface area contributed by atoms with E-state index in [0.29, 0.717) is 11.1 Å². The second-order valence-electron chi connectivity index (χ2n) is 5.20. The zero-order valence-electron chi connectivity index (χ0n) is 12.5. The molecule has 23 heavy (non-hydrogen) atoms. The van der Waals surface area contributed by atoms with Crippen molar-refractivity contribution >= 4 is 11.6 Å². The number of hydrogen-bond acceptors (Lipinski definition) is 3. The summed E-state index contributed by atoms with van der Waals surface area (Å²) in [6.07, 6.45) is -4.44. The van der Waals surface area contributed by atoms with Crippen LogP contribution in [0.3, 0.4) is 0 Å². The molecule has 7 heteroatoms. The molecule has 0 aliphatic heterocycles. The van der Waals surface area contributed by atoms with Crippen molar-refractivity contribution in [3.63, 3.8) is 0 Å². The van der Waals surface area contributed by atoms with Crippen molar-refractivity contribution < 1.29 is 23.1 Å². The molecule has 3 N–H and O–H groups in total. The Hall–Kier alpha value is -2.70. The number of aromatic hydroxyl groups is 1. The Morgan fingerprint density at radius 1 is 1.09 bits per heavy atom. The zero-order chi connectivity index (χ0) is 17.4. The minimum atomic E-state index is -4.44. The number of nitrogens with two attached hydrogens (primary N) is 1. The SMILES string of the molecule is CN(C)C(=O)c1c(-c2ccc(C(F)(F)F)cc2)ccc(N)c1O. The van der Waals surface area contributed by atoms with Gasteiger partial charge in [0.1, 0.15) is 0 Å². The molecule has 0 bridgehead atoms. The summed E-state index contributed by atoms with van der Waals surface area (Å²) >= 11 is 0. The Balaban J connectivity index is 2.60. The van der Waals surface area contributed by atoms with E-state index in [-0.39, 0.29) is 17.0 Å².